The number of pyridine rings is 1. The van der Waals surface area contributed by atoms with Gasteiger partial charge in [-0.05, 0) is 48.9 Å². The number of nitrogens with one attached hydrogen (secondary N) is 1. The summed E-state index contributed by atoms with van der Waals surface area (Å²) in [6.07, 6.45) is 4.58. The number of aryl methyl sites for hydroxylation is 1. The molecule has 126 valence electrons. The molecule has 0 unspecified atom stereocenters. The van der Waals surface area contributed by atoms with E-state index in [1.54, 1.807) is 6.20 Å². The van der Waals surface area contributed by atoms with E-state index in [1.165, 1.54) is 12.8 Å². The van der Waals surface area contributed by atoms with Crippen molar-refractivity contribution in [3.8, 4) is 0 Å². The molecule has 0 spiro atoms. The smallest absolute Gasteiger partial charge is 0.228 e. The Bertz CT molecular complexity index is 688. The van der Waals surface area contributed by atoms with Gasteiger partial charge in [0.2, 0.25) is 5.91 Å². The third kappa shape index (κ3) is 4.13. The molecule has 1 aliphatic rings. The summed E-state index contributed by atoms with van der Waals surface area (Å²) >= 11 is 0. The van der Waals surface area contributed by atoms with Crippen LogP contribution in [0.4, 0.5) is 11.5 Å². The van der Waals surface area contributed by atoms with E-state index >= 15 is 0 Å². The van der Waals surface area contributed by atoms with E-state index in [1.807, 2.05) is 43.3 Å². The molecule has 4 nitrogen and oxygen atoms in total. The number of aromatic nitrogens is 1. The third-order valence-corrected chi connectivity index (χ3v) is 4.75. The van der Waals surface area contributed by atoms with E-state index in [4.69, 9.17) is 0 Å². The first-order valence-electron chi connectivity index (χ1n) is 8.67. The first kappa shape index (κ1) is 16.5. The fraction of sp³-hybridized carbons (Fsp3) is 0.400. The lowest BCUT2D eigenvalue weighted by molar-refractivity contribution is -0.115. The van der Waals surface area contributed by atoms with Crippen LogP contribution in [0.3, 0.4) is 0 Å². The maximum Gasteiger partial charge on any atom is 0.228 e. The summed E-state index contributed by atoms with van der Waals surface area (Å²) in [5.74, 6) is 1.80. The van der Waals surface area contributed by atoms with Crippen LogP contribution in [0.2, 0.25) is 0 Å². The molecule has 1 aromatic carbocycles. The van der Waals surface area contributed by atoms with E-state index in [0.717, 1.165) is 41.6 Å². The highest BCUT2D eigenvalue weighted by molar-refractivity contribution is 5.92. The molecule has 0 radical (unpaired) electrons. The summed E-state index contributed by atoms with van der Waals surface area (Å²) in [4.78, 5) is 19.0. The quantitative estimate of drug-likeness (QED) is 0.930. The van der Waals surface area contributed by atoms with E-state index in [9.17, 15) is 4.79 Å². The molecule has 1 amide bonds. The van der Waals surface area contributed by atoms with Crippen LogP contribution in [0.1, 0.15) is 30.9 Å². The molecule has 1 fully saturated rings. The lowest BCUT2D eigenvalue weighted by Crippen LogP contribution is -2.33. The Balaban J connectivity index is 1.58. The molecule has 1 aliphatic heterocycles. The molecule has 4 heteroatoms. The van der Waals surface area contributed by atoms with Crippen molar-refractivity contribution in [1.29, 1.82) is 0 Å². The van der Waals surface area contributed by atoms with Gasteiger partial charge in [-0.25, -0.2) is 4.98 Å². The van der Waals surface area contributed by atoms with Gasteiger partial charge in [-0.2, -0.15) is 0 Å². The fourth-order valence-corrected chi connectivity index (χ4v) is 3.07. The van der Waals surface area contributed by atoms with Crippen LogP contribution in [0.5, 0.6) is 0 Å². The highest BCUT2D eigenvalue weighted by Gasteiger charge is 2.16. The number of carbonyl (C=O) groups is 1. The summed E-state index contributed by atoms with van der Waals surface area (Å²) in [5.41, 5.74) is 2.95. The van der Waals surface area contributed by atoms with E-state index in [2.05, 4.69) is 22.1 Å². The van der Waals surface area contributed by atoms with Crippen molar-refractivity contribution in [2.75, 3.05) is 23.3 Å². The Hall–Kier alpha value is -2.36. The number of rotatable bonds is 4. The SMILES string of the molecule is Cc1ccccc1CC(=O)Nc1ccc(N2CCC(C)CC2)nc1. The lowest BCUT2D eigenvalue weighted by Gasteiger charge is -2.31. The number of hydrogen-bond donors (Lipinski definition) is 1. The summed E-state index contributed by atoms with van der Waals surface area (Å²) in [6.45, 7) is 6.45. The lowest BCUT2D eigenvalue weighted by atomic mass is 9.99. The molecule has 0 aliphatic carbocycles. The number of carbonyl (C=O) groups excluding carboxylic acids is 1. The van der Waals surface area contributed by atoms with E-state index in [-0.39, 0.29) is 5.91 Å². The Labute approximate surface area is 143 Å². The summed E-state index contributed by atoms with van der Waals surface area (Å²) in [5, 5.41) is 2.93. The average molecular weight is 323 g/mol. The van der Waals surface area contributed by atoms with Crippen molar-refractivity contribution >= 4 is 17.4 Å². The molecule has 0 saturated carbocycles. The number of piperidine rings is 1. The van der Waals surface area contributed by atoms with Gasteiger partial charge in [-0.15, -0.1) is 0 Å². The Kier molecular flexibility index (Phi) is 5.14. The predicted molar refractivity (Wildman–Crippen MR) is 98.4 cm³/mol. The second-order valence-electron chi connectivity index (χ2n) is 6.73. The summed E-state index contributed by atoms with van der Waals surface area (Å²) in [6, 6.07) is 11.9. The van der Waals surface area contributed by atoms with Gasteiger partial charge in [0.15, 0.2) is 0 Å². The summed E-state index contributed by atoms with van der Waals surface area (Å²) < 4.78 is 0. The van der Waals surface area contributed by atoms with Crippen LogP contribution in [-0.4, -0.2) is 24.0 Å². The van der Waals surface area contributed by atoms with Gasteiger partial charge in [-0.3, -0.25) is 4.79 Å². The second-order valence-corrected chi connectivity index (χ2v) is 6.73. The molecule has 2 aromatic rings. The van der Waals surface area contributed by atoms with Gasteiger partial charge in [0.05, 0.1) is 18.3 Å². The Morgan fingerprint density at radius 1 is 1.21 bits per heavy atom. The van der Waals surface area contributed by atoms with Crippen molar-refractivity contribution in [2.24, 2.45) is 5.92 Å². The van der Waals surface area contributed by atoms with Crippen molar-refractivity contribution < 1.29 is 4.79 Å². The fourth-order valence-electron chi connectivity index (χ4n) is 3.07. The topological polar surface area (TPSA) is 45.2 Å². The second kappa shape index (κ2) is 7.47. The van der Waals surface area contributed by atoms with Gasteiger partial charge in [0, 0.05) is 13.1 Å². The van der Waals surface area contributed by atoms with Crippen molar-refractivity contribution in [3.63, 3.8) is 0 Å². The van der Waals surface area contributed by atoms with Gasteiger partial charge < -0.3 is 10.2 Å². The predicted octanol–water partition coefficient (Wildman–Crippen LogP) is 3.81. The highest BCUT2D eigenvalue weighted by atomic mass is 16.1. The Morgan fingerprint density at radius 3 is 2.62 bits per heavy atom. The minimum absolute atomic E-state index is 0.00866. The monoisotopic (exact) mass is 323 g/mol. The molecule has 3 rings (SSSR count). The van der Waals surface area contributed by atoms with E-state index in [0.29, 0.717) is 6.42 Å². The van der Waals surface area contributed by atoms with Crippen molar-refractivity contribution in [2.45, 2.75) is 33.1 Å². The van der Waals surface area contributed by atoms with Crippen LogP contribution in [-0.2, 0) is 11.2 Å². The average Bonchev–Trinajstić information content (AvgIpc) is 2.58. The molecule has 24 heavy (non-hydrogen) atoms. The van der Waals surface area contributed by atoms with Gasteiger partial charge in [0.1, 0.15) is 5.82 Å². The first-order chi connectivity index (χ1) is 11.6. The number of benzene rings is 1. The van der Waals surface area contributed by atoms with Crippen LogP contribution in [0.15, 0.2) is 42.6 Å². The van der Waals surface area contributed by atoms with Crippen LogP contribution < -0.4 is 10.2 Å². The zero-order valence-electron chi connectivity index (χ0n) is 14.5. The Morgan fingerprint density at radius 2 is 1.96 bits per heavy atom. The number of nitrogens with zero attached hydrogens (tertiary/aromatic N) is 2. The van der Waals surface area contributed by atoms with E-state index < -0.39 is 0 Å². The molecule has 1 saturated heterocycles. The molecule has 2 heterocycles. The maximum absolute atomic E-state index is 12.2. The maximum atomic E-state index is 12.2. The zero-order chi connectivity index (χ0) is 16.9. The molecule has 1 N–H and O–H groups in total. The molecule has 0 atom stereocenters. The largest absolute Gasteiger partial charge is 0.357 e. The number of hydrogen-bond acceptors (Lipinski definition) is 3. The third-order valence-electron chi connectivity index (χ3n) is 4.75. The van der Waals surface area contributed by atoms with Gasteiger partial charge >= 0.3 is 0 Å². The normalized spacial score (nSPS) is 15.3. The summed E-state index contributed by atoms with van der Waals surface area (Å²) in [7, 11) is 0. The van der Waals surface area contributed by atoms with Crippen molar-refractivity contribution in [1.82, 2.24) is 4.98 Å². The molecule has 1 aromatic heterocycles. The highest BCUT2D eigenvalue weighted by Crippen LogP contribution is 2.22. The van der Waals surface area contributed by atoms with Crippen molar-refractivity contribution in [3.05, 3.63) is 53.7 Å². The van der Waals surface area contributed by atoms with Gasteiger partial charge in [0.25, 0.3) is 0 Å². The molecular weight excluding hydrogens is 298 g/mol. The minimum atomic E-state index is -0.00866. The minimum Gasteiger partial charge on any atom is -0.357 e. The van der Waals surface area contributed by atoms with Crippen LogP contribution in [0, 0.1) is 12.8 Å². The first-order valence-corrected chi connectivity index (χ1v) is 8.67. The number of amides is 1. The van der Waals surface area contributed by atoms with Crippen LogP contribution in [0.25, 0.3) is 0 Å². The van der Waals surface area contributed by atoms with Crippen LogP contribution >= 0.6 is 0 Å². The molecule has 0 bridgehead atoms. The number of anilines is 2. The zero-order valence-corrected chi connectivity index (χ0v) is 14.5. The molecular formula is C20H25N3O. The standard InChI is InChI=1S/C20H25N3O/c1-15-9-11-23(12-10-15)19-8-7-18(14-21-19)22-20(24)13-17-6-4-3-5-16(17)2/h3-8,14-15H,9-13H2,1-2H3,(H,22,24). The van der Waals surface area contributed by atoms with Gasteiger partial charge in [-0.1, -0.05) is 31.2 Å².